The Labute approximate surface area is 90.4 Å². The van der Waals surface area contributed by atoms with Crippen LogP contribution < -0.4 is 5.32 Å². The van der Waals surface area contributed by atoms with E-state index in [-0.39, 0.29) is 18.1 Å². The first kappa shape index (κ1) is 12.4. The second-order valence-electron chi connectivity index (χ2n) is 3.96. The van der Waals surface area contributed by atoms with E-state index < -0.39 is 0 Å². The Morgan fingerprint density at radius 3 is 3.00 bits per heavy atom. The summed E-state index contributed by atoms with van der Waals surface area (Å²) in [6.45, 7) is 4.26. The molecule has 0 aromatic carbocycles. The fourth-order valence-corrected chi connectivity index (χ4v) is 1.46. The van der Waals surface area contributed by atoms with Gasteiger partial charge in [-0.1, -0.05) is 0 Å². The summed E-state index contributed by atoms with van der Waals surface area (Å²) in [5.41, 5.74) is 0. The average molecular weight is 216 g/mol. The molecule has 0 spiro atoms. The van der Waals surface area contributed by atoms with Gasteiger partial charge in [-0.3, -0.25) is 4.79 Å². The summed E-state index contributed by atoms with van der Waals surface area (Å²) in [6.07, 6.45) is -0.133. The van der Waals surface area contributed by atoms with Crippen LogP contribution in [-0.4, -0.2) is 61.4 Å². The third kappa shape index (κ3) is 4.15. The summed E-state index contributed by atoms with van der Waals surface area (Å²) >= 11 is 0. The number of hydrogen-bond donors (Lipinski definition) is 2. The number of aliphatic hydroxyl groups is 1. The number of carbonyl (C=O) groups is 1. The Balaban J connectivity index is 2.30. The van der Waals surface area contributed by atoms with Gasteiger partial charge in [-0.25, -0.2) is 0 Å². The van der Waals surface area contributed by atoms with E-state index in [4.69, 9.17) is 9.84 Å². The normalized spacial score (nSPS) is 23.5. The molecule has 1 saturated heterocycles. The summed E-state index contributed by atoms with van der Waals surface area (Å²) < 4.78 is 5.35. The van der Waals surface area contributed by atoms with Crippen LogP contribution in [0.15, 0.2) is 0 Å². The largest absolute Gasteiger partial charge is 0.393 e. The van der Waals surface area contributed by atoms with Crippen LogP contribution in [0.25, 0.3) is 0 Å². The van der Waals surface area contributed by atoms with Gasteiger partial charge in [0, 0.05) is 26.7 Å². The first-order valence-electron chi connectivity index (χ1n) is 5.36. The Hall–Kier alpha value is -0.650. The first-order valence-corrected chi connectivity index (χ1v) is 5.36. The van der Waals surface area contributed by atoms with E-state index >= 15 is 0 Å². The van der Waals surface area contributed by atoms with Gasteiger partial charge in [0.05, 0.1) is 12.7 Å². The van der Waals surface area contributed by atoms with E-state index in [0.29, 0.717) is 26.1 Å². The van der Waals surface area contributed by atoms with Crippen LogP contribution in [0.4, 0.5) is 0 Å². The van der Waals surface area contributed by atoms with Crippen molar-refractivity contribution in [2.45, 2.75) is 25.6 Å². The van der Waals surface area contributed by atoms with Crippen LogP contribution in [0.2, 0.25) is 0 Å². The highest BCUT2D eigenvalue weighted by Gasteiger charge is 2.24. The molecule has 0 aromatic rings. The van der Waals surface area contributed by atoms with Gasteiger partial charge in [0.1, 0.15) is 6.10 Å². The third-order valence-electron chi connectivity index (χ3n) is 2.46. The Kier molecular flexibility index (Phi) is 5.01. The minimum absolute atomic E-state index is 0.0112. The van der Waals surface area contributed by atoms with Crippen molar-refractivity contribution in [1.82, 2.24) is 10.2 Å². The third-order valence-corrected chi connectivity index (χ3v) is 2.46. The number of ether oxygens (including phenoxy) is 1. The van der Waals surface area contributed by atoms with Crippen molar-refractivity contribution in [2.24, 2.45) is 0 Å². The molecular weight excluding hydrogens is 196 g/mol. The van der Waals surface area contributed by atoms with Gasteiger partial charge >= 0.3 is 0 Å². The summed E-state index contributed by atoms with van der Waals surface area (Å²) in [5, 5.41) is 12.2. The van der Waals surface area contributed by atoms with Crippen molar-refractivity contribution in [3.63, 3.8) is 0 Å². The summed E-state index contributed by atoms with van der Waals surface area (Å²) in [4.78, 5) is 13.4. The lowest BCUT2D eigenvalue weighted by Gasteiger charge is -2.27. The van der Waals surface area contributed by atoms with Gasteiger partial charge in [0.25, 0.3) is 5.91 Å². The van der Waals surface area contributed by atoms with Gasteiger partial charge in [-0.05, 0) is 13.3 Å². The van der Waals surface area contributed by atoms with E-state index in [0.717, 1.165) is 6.54 Å². The molecule has 2 N–H and O–H groups in total. The van der Waals surface area contributed by atoms with Crippen LogP contribution >= 0.6 is 0 Å². The second kappa shape index (κ2) is 6.05. The molecule has 5 heteroatoms. The molecule has 0 bridgehead atoms. The lowest BCUT2D eigenvalue weighted by Crippen LogP contribution is -2.48. The van der Waals surface area contributed by atoms with E-state index in [1.165, 1.54) is 0 Å². The summed E-state index contributed by atoms with van der Waals surface area (Å²) in [7, 11) is 1.74. The fourth-order valence-electron chi connectivity index (χ4n) is 1.46. The highest BCUT2D eigenvalue weighted by atomic mass is 16.5. The van der Waals surface area contributed by atoms with Crippen molar-refractivity contribution >= 4 is 5.91 Å². The maximum atomic E-state index is 11.8. The molecule has 1 amide bonds. The highest BCUT2D eigenvalue weighted by molar-refractivity contribution is 5.81. The van der Waals surface area contributed by atoms with Crippen LogP contribution in [-0.2, 0) is 9.53 Å². The maximum Gasteiger partial charge on any atom is 0.252 e. The lowest BCUT2D eigenvalue weighted by molar-refractivity contribution is -0.144. The highest BCUT2D eigenvalue weighted by Crippen LogP contribution is 2.02. The molecule has 2 unspecified atom stereocenters. The van der Waals surface area contributed by atoms with Crippen molar-refractivity contribution in [3.8, 4) is 0 Å². The molecular formula is C10H20N2O3. The molecule has 1 heterocycles. The van der Waals surface area contributed by atoms with Crippen LogP contribution in [0, 0.1) is 0 Å². The van der Waals surface area contributed by atoms with Crippen molar-refractivity contribution < 1.29 is 14.6 Å². The molecule has 1 rings (SSSR count). The second-order valence-corrected chi connectivity index (χ2v) is 3.96. The monoisotopic (exact) mass is 216 g/mol. The zero-order valence-corrected chi connectivity index (χ0v) is 9.40. The Morgan fingerprint density at radius 2 is 2.47 bits per heavy atom. The quantitative estimate of drug-likeness (QED) is 0.646. The molecule has 0 radical (unpaired) electrons. The number of nitrogens with zero attached hydrogens (tertiary/aromatic N) is 1. The summed E-state index contributed by atoms with van der Waals surface area (Å²) in [6, 6.07) is 0. The minimum Gasteiger partial charge on any atom is -0.393 e. The lowest BCUT2D eigenvalue weighted by atomic mass is 10.2. The number of amides is 1. The number of hydrogen-bond acceptors (Lipinski definition) is 4. The van der Waals surface area contributed by atoms with Gasteiger partial charge in [0.2, 0.25) is 0 Å². The molecule has 1 aliphatic rings. The molecule has 0 aliphatic carbocycles. The molecule has 88 valence electrons. The standard InChI is InChI=1S/C10H20N2O3/c1-8(13)3-5-12(2)10(14)9-7-11-4-6-15-9/h8-9,11,13H,3-7H2,1-2H3. The Bertz CT molecular complexity index is 203. The van der Waals surface area contributed by atoms with E-state index in [2.05, 4.69) is 5.32 Å². The van der Waals surface area contributed by atoms with Crippen molar-refractivity contribution in [2.75, 3.05) is 33.3 Å². The number of likely N-dealkylation sites (N-methyl/N-ethyl adjacent to an activating group) is 1. The predicted molar refractivity (Wildman–Crippen MR) is 56.5 cm³/mol. The minimum atomic E-state index is -0.370. The molecule has 5 nitrogen and oxygen atoms in total. The van der Waals surface area contributed by atoms with Crippen LogP contribution in [0.5, 0.6) is 0 Å². The molecule has 2 atom stereocenters. The average Bonchev–Trinajstić information content (AvgIpc) is 2.26. The number of carbonyl (C=O) groups excluding carboxylic acids is 1. The number of morpholine rings is 1. The predicted octanol–water partition coefficient (Wildman–Crippen LogP) is -0.796. The Morgan fingerprint density at radius 1 is 1.73 bits per heavy atom. The topological polar surface area (TPSA) is 61.8 Å². The van der Waals surface area contributed by atoms with Gasteiger partial charge in [-0.2, -0.15) is 0 Å². The summed E-state index contributed by atoms with van der Waals surface area (Å²) in [5.74, 6) is -0.0112. The maximum absolute atomic E-state index is 11.8. The zero-order chi connectivity index (χ0) is 11.3. The first-order chi connectivity index (χ1) is 7.11. The molecule has 15 heavy (non-hydrogen) atoms. The fraction of sp³-hybridized carbons (Fsp3) is 0.900. The van der Waals surface area contributed by atoms with E-state index in [1.807, 2.05) is 0 Å². The van der Waals surface area contributed by atoms with Crippen LogP contribution in [0.3, 0.4) is 0 Å². The van der Waals surface area contributed by atoms with Gasteiger partial charge < -0.3 is 20.1 Å². The number of rotatable bonds is 4. The van der Waals surface area contributed by atoms with E-state index in [9.17, 15) is 4.79 Å². The van der Waals surface area contributed by atoms with Crippen molar-refractivity contribution in [3.05, 3.63) is 0 Å². The molecule has 0 saturated carbocycles. The van der Waals surface area contributed by atoms with Crippen LogP contribution in [0.1, 0.15) is 13.3 Å². The van der Waals surface area contributed by atoms with Crippen molar-refractivity contribution in [1.29, 1.82) is 0 Å². The smallest absolute Gasteiger partial charge is 0.252 e. The molecule has 1 fully saturated rings. The zero-order valence-electron chi connectivity index (χ0n) is 9.40. The SMILES string of the molecule is CC(O)CCN(C)C(=O)C1CNCCO1. The van der Waals surface area contributed by atoms with Gasteiger partial charge in [0.15, 0.2) is 0 Å². The number of nitrogens with one attached hydrogen (secondary N) is 1. The number of aliphatic hydroxyl groups excluding tert-OH is 1. The molecule has 1 aliphatic heterocycles. The molecule has 0 aromatic heterocycles. The van der Waals surface area contributed by atoms with E-state index in [1.54, 1.807) is 18.9 Å². The van der Waals surface area contributed by atoms with Gasteiger partial charge in [-0.15, -0.1) is 0 Å².